The maximum absolute atomic E-state index is 13.6. The van der Waals surface area contributed by atoms with Gasteiger partial charge in [-0.25, -0.2) is 14.2 Å². The van der Waals surface area contributed by atoms with Crippen LogP contribution in [0.1, 0.15) is 73.6 Å². The minimum Gasteiger partial charge on any atom is -0.323 e. The molecule has 1 unspecified atom stereocenters. The number of hydrogen-bond acceptors (Lipinski definition) is 7. The summed E-state index contributed by atoms with van der Waals surface area (Å²) < 4.78 is 27.2. The second-order valence-corrected chi connectivity index (χ2v) is 11.0. The Morgan fingerprint density at radius 3 is 2.63 bits per heavy atom. The van der Waals surface area contributed by atoms with Crippen molar-refractivity contribution in [3.8, 4) is 11.1 Å². The Balaban J connectivity index is 1.23. The number of halogens is 2. The lowest BCUT2D eigenvalue weighted by Gasteiger charge is -2.16. The predicted molar refractivity (Wildman–Crippen MR) is 155 cm³/mol. The van der Waals surface area contributed by atoms with E-state index in [0.29, 0.717) is 36.8 Å². The molecule has 2 aliphatic heterocycles. The highest BCUT2D eigenvalue weighted by molar-refractivity contribution is 5.98. The van der Waals surface area contributed by atoms with Crippen LogP contribution in [0.4, 0.5) is 20.2 Å². The van der Waals surface area contributed by atoms with E-state index < -0.39 is 12.0 Å². The Morgan fingerprint density at radius 2 is 1.93 bits per heavy atom. The van der Waals surface area contributed by atoms with E-state index in [1.54, 1.807) is 29.4 Å². The molecule has 1 aromatic carbocycles. The molecule has 0 saturated carbocycles. The third-order valence-corrected chi connectivity index (χ3v) is 8.01. The number of Topliss-reactive ketones (excluding diaryl/α,β-unsaturated/α-hetero) is 1. The monoisotopic (exact) mass is 562 g/mol. The first-order valence-corrected chi connectivity index (χ1v) is 14.2. The summed E-state index contributed by atoms with van der Waals surface area (Å²) in [5.41, 5.74) is 11.1. The van der Waals surface area contributed by atoms with E-state index >= 15 is 0 Å². The fourth-order valence-electron chi connectivity index (χ4n) is 5.47. The van der Waals surface area contributed by atoms with E-state index in [2.05, 4.69) is 40.0 Å². The Morgan fingerprint density at radius 1 is 1.10 bits per heavy atom. The van der Waals surface area contributed by atoms with Gasteiger partial charge in [0.25, 0.3) is 5.92 Å². The van der Waals surface area contributed by atoms with Crippen molar-refractivity contribution in [1.29, 1.82) is 0 Å². The van der Waals surface area contributed by atoms with E-state index in [0.717, 1.165) is 47.2 Å². The zero-order valence-corrected chi connectivity index (χ0v) is 23.4. The lowest BCUT2D eigenvalue weighted by molar-refractivity contribution is -0.118. The average molecular weight is 563 g/mol. The molecule has 4 heterocycles. The molecule has 1 atom stereocenters. The maximum Gasteiger partial charge on any atom is 0.261 e. The van der Waals surface area contributed by atoms with Crippen LogP contribution in [-0.4, -0.2) is 45.6 Å². The largest absolute Gasteiger partial charge is 0.323 e. The number of nitrogens with one attached hydrogen (secondary N) is 3. The smallest absolute Gasteiger partial charge is 0.261 e. The molecule has 5 rings (SSSR count). The van der Waals surface area contributed by atoms with Crippen LogP contribution in [0.15, 0.2) is 55.0 Å². The van der Waals surface area contributed by atoms with Gasteiger partial charge >= 0.3 is 0 Å². The summed E-state index contributed by atoms with van der Waals surface area (Å²) in [4.78, 5) is 36.1. The first-order valence-electron chi connectivity index (χ1n) is 14.2. The molecule has 10 heteroatoms. The zero-order valence-electron chi connectivity index (χ0n) is 23.4. The van der Waals surface area contributed by atoms with E-state index in [9.17, 15) is 18.4 Å². The number of fused-ring (bicyclic) bond motifs is 1. The highest BCUT2D eigenvalue weighted by atomic mass is 19.3. The number of alkyl halides is 2. The Labute approximate surface area is 238 Å². The van der Waals surface area contributed by atoms with Crippen LogP contribution in [0.2, 0.25) is 0 Å². The van der Waals surface area contributed by atoms with Crippen molar-refractivity contribution in [3.05, 3.63) is 71.8 Å². The van der Waals surface area contributed by atoms with Crippen molar-refractivity contribution >= 4 is 23.1 Å². The summed E-state index contributed by atoms with van der Waals surface area (Å²) in [6.07, 6.45) is 8.26. The number of carbonyl (C=O) groups is 2. The van der Waals surface area contributed by atoms with Gasteiger partial charge in [0, 0.05) is 49.5 Å². The molecule has 0 spiro atoms. The molecule has 8 nitrogen and oxygen atoms in total. The second-order valence-electron chi connectivity index (χ2n) is 11.0. The van der Waals surface area contributed by atoms with Gasteiger partial charge in [0.1, 0.15) is 11.7 Å². The predicted octanol–water partition coefficient (Wildman–Crippen LogP) is 5.99. The fourth-order valence-corrected chi connectivity index (χ4v) is 5.47. The molecule has 0 radical (unpaired) electrons. The summed E-state index contributed by atoms with van der Waals surface area (Å²) in [6.45, 7) is 4.81. The van der Waals surface area contributed by atoms with Gasteiger partial charge in [-0.3, -0.25) is 24.5 Å². The summed E-state index contributed by atoms with van der Waals surface area (Å²) in [7, 11) is 0. The van der Waals surface area contributed by atoms with Crippen molar-refractivity contribution in [3.63, 3.8) is 0 Å². The van der Waals surface area contributed by atoms with Gasteiger partial charge in [0.05, 0.1) is 24.1 Å². The number of ketones is 1. The lowest BCUT2D eigenvalue weighted by atomic mass is 9.95. The number of aromatic nitrogens is 2. The molecule has 3 aromatic rings. The second kappa shape index (κ2) is 12.4. The van der Waals surface area contributed by atoms with Gasteiger partial charge in [0.2, 0.25) is 5.91 Å². The third-order valence-electron chi connectivity index (χ3n) is 8.01. The van der Waals surface area contributed by atoms with Crippen LogP contribution in [-0.2, 0) is 11.3 Å². The number of nitrogens with zero attached hydrogens (tertiary/aromatic N) is 3. The number of amides is 1. The lowest BCUT2D eigenvalue weighted by Crippen LogP contribution is -2.30. The molecule has 0 aliphatic carbocycles. The van der Waals surface area contributed by atoms with Crippen LogP contribution >= 0.6 is 0 Å². The van der Waals surface area contributed by atoms with Crippen molar-refractivity contribution in [1.82, 2.24) is 20.3 Å². The fraction of sp³-hybridized carbons (Fsp3) is 0.419. The van der Waals surface area contributed by atoms with E-state index in [1.165, 1.54) is 6.20 Å². The van der Waals surface area contributed by atoms with Gasteiger partial charge in [0.15, 0.2) is 5.78 Å². The van der Waals surface area contributed by atoms with Gasteiger partial charge in [-0.1, -0.05) is 32.8 Å². The number of likely N-dealkylation sites (tertiary alicyclic amines) is 1. The van der Waals surface area contributed by atoms with Crippen LogP contribution in [0, 0.1) is 5.92 Å². The molecule has 1 saturated heterocycles. The zero-order chi connectivity index (χ0) is 29.0. The number of hydrazine groups is 1. The molecular formula is C31H36F2N6O2. The third kappa shape index (κ3) is 6.94. The van der Waals surface area contributed by atoms with E-state index in [-0.39, 0.29) is 24.7 Å². The number of anilines is 2. The standard InChI is InChI=1S/C31H36F2N6O2/c1-3-20(4-2)5-10-28(40)27-9-7-24(17-35-27)36-30(41)29-25-14-22(6-8-26(25)37-38-29)23-13-21(15-34-16-23)18-39-12-11-31(32,33)19-39/h6-9,13-17,20,29,37-38H,3-5,10-12,18-19H2,1-2H3,(H,36,41). The molecule has 216 valence electrons. The first-order chi connectivity index (χ1) is 19.7. The van der Waals surface area contributed by atoms with Gasteiger partial charge in [-0.05, 0) is 53.8 Å². The number of pyridine rings is 2. The summed E-state index contributed by atoms with van der Waals surface area (Å²) in [5, 5.41) is 2.88. The number of rotatable bonds is 11. The minimum absolute atomic E-state index is 0.00909. The Bertz CT molecular complexity index is 1390. The van der Waals surface area contributed by atoms with Crippen LogP contribution in [0.25, 0.3) is 11.1 Å². The molecule has 2 aromatic heterocycles. The first kappa shape index (κ1) is 28.8. The van der Waals surface area contributed by atoms with E-state index in [1.807, 2.05) is 24.3 Å². The summed E-state index contributed by atoms with van der Waals surface area (Å²) in [6, 6.07) is 10.4. The van der Waals surface area contributed by atoms with Crippen molar-refractivity contribution < 1.29 is 18.4 Å². The van der Waals surface area contributed by atoms with E-state index in [4.69, 9.17) is 0 Å². The topological polar surface area (TPSA) is 99.2 Å². The van der Waals surface area contributed by atoms with Crippen LogP contribution in [0.3, 0.4) is 0 Å². The minimum atomic E-state index is -2.64. The highest BCUT2D eigenvalue weighted by Gasteiger charge is 2.38. The SMILES string of the molecule is CCC(CC)CCC(=O)c1ccc(NC(=O)C2NNc3ccc(-c4cncc(CN5CCC(F)(F)C5)c4)cc32)cn1. The van der Waals surface area contributed by atoms with Crippen molar-refractivity contribution in [2.45, 2.75) is 64.5 Å². The maximum atomic E-state index is 13.6. The van der Waals surface area contributed by atoms with Crippen molar-refractivity contribution in [2.24, 2.45) is 5.92 Å². The Kier molecular flexibility index (Phi) is 8.70. The van der Waals surface area contributed by atoms with Crippen LogP contribution in [0.5, 0.6) is 0 Å². The number of hydrogen-bond donors (Lipinski definition) is 3. The average Bonchev–Trinajstić information content (AvgIpc) is 3.55. The quantitative estimate of drug-likeness (QED) is 0.247. The number of carbonyl (C=O) groups excluding carboxylic acids is 2. The normalized spacial score (nSPS) is 17.8. The molecule has 41 heavy (non-hydrogen) atoms. The summed E-state index contributed by atoms with van der Waals surface area (Å²) >= 11 is 0. The van der Waals surface area contributed by atoms with Gasteiger partial charge in [-0.15, -0.1) is 0 Å². The Hall–Kier alpha value is -3.76. The van der Waals surface area contributed by atoms with Gasteiger partial charge in [-0.2, -0.15) is 0 Å². The van der Waals surface area contributed by atoms with Crippen LogP contribution < -0.4 is 16.2 Å². The highest BCUT2D eigenvalue weighted by Crippen LogP contribution is 2.34. The molecule has 3 N–H and O–H groups in total. The molecule has 1 amide bonds. The van der Waals surface area contributed by atoms with Crippen molar-refractivity contribution in [2.75, 3.05) is 23.8 Å². The molecule has 2 aliphatic rings. The molecular weight excluding hydrogens is 526 g/mol. The molecule has 0 bridgehead atoms. The van der Waals surface area contributed by atoms with Gasteiger partial charge < -0.3 is 10.7 Å². The summed E-state index contributed by atoms with van der Waals surface area (Å²) in [5.74, 6) is -2.36. The number of benzene rings is 1. The molecule has 1 fully saturated rings.